The molecule has 1 unspecified atom stereocenters. The highest BCUT2D eigenvalue weighted by molar-refractivity contribution is 5.96. The van der Waals surface area contributed by atoms with Crippen molar-refractivity contribution in [3.63, 3.8) is 0 Å². The van der Waals surface area contributed by atoms with Gasteiger partial charge in [-0.1, -0.05) is 36.4 Å². The van der Waals surface area contributed by atoms with E-state index in [2.05, 4.69) is 6.08 Å². The normalized spacial score (nSPS) is 17.7. The molecule has 0 spiro atoms. The van der Waals surface area contributed by atoms with Crippen molar-refractivity contribution in [1.29, 1.82) is 0 Å². The highest BCUT2D eigenvalue weighted by atomic mass is 16.3. The van der Waals surface area contributed by atoms with Crippen molar-refractivity contribution in [2.45, 2.75) is 32.4 Å². The van der Waals surface area contributed by atoms with Gasteiger partial charge in [-0.05, 0) is 46.9 Å². The van der Waals surface area contributed by atoms with Crippen LogP contribution in [0.1, 0.15) is 40.6 Å². The standard InChI is InChI=1S/C28H29N3O4/c1-18(32)31-17-22-8-5-4-7-19(22)14-24(31)27(33)30-12-6-9-21(16-30)20-10-11-25-23(13-20)15-26(35-25)28(34)29(2)3/h4-5,7-11,13,15,24H,6,12,14,16-17H2,1-3H3. The smallest absolute Gasteiger partial charge is 0.289 e. The maximum absolute atomic E-state index is 13.7. The summed E-state index contributed by atoms with van der Waals surface area (Å²) in [6.45, 7) is 3.10. The minimum atomic E-state index is -0.488. The molecule has 3 heterocycles. The number of carbonyl (C=O) groups is 3. The highest BCUT2D eigenvalue weighted by Gasteiger charge is 2.36. The van der Waals surface area contributed by atoms with Crippen molar-refractivity contribution < 1.29 is 18.8 Å². The number of fused-ring (bicyclic) bond motifs is 2. The maximum atomic E-state index is 13.7. The van der Waals surface area contributed by atoms with Gasteiger partial charge in [0.2, 0.25) is 11.8 Å². The van der Waals surface area contributed by atoms with Gasteiger partial charge in [-0.15, -0.1) is 0 Å². The predicted molar refractivity (Wildman–Crippen MR) is 134 cm³/mol. The van der Waals surface area contributed by atoms with Crippen molar-refractivity contribution in [2.24, 2.45) is 0 Å². The predicted octanol–water partition coefficient (Wildman–Crippen LogP) is 3.72. The number of rotatable bonds is 3. The molecule has 3 aromatic rings. The van der Waals surface area contributed by atoms with Crippen molar-refractivity contribution in [3.05, 3.63) is 77.1 Å². The van der Waals surface area contributed by atoms with Gasteiger partial charge < -0.3 is 19.1 Å². The fraction of sp³-hybridized carbons (Fsp3) is 0.321. The largest absolute Gasteiger partial charge is 0.451 e. The fourth-order valence-corrected chi connectivity index (χ4v) is 5.00. The number of hydrogen-bond acceptors (Lipinski definition) is 4. The minimum Gasteiger partial charge on any atom is -0.451 e. The third kappa shape index (κ3) is 4.34. The van der Waals surface area contributed by atoms with Gasteiger partial charge in [0.15, 0.2) is 5.76 Å². The first kappa shape index (κ1) is 22.9. The molecule has 2 aromatic carbocycles. The molecule has 3 amide bonds. The number of benzene rings is 2. The lowest BCUT2D eigenvalue weighted by molar-refractivity contribution is -0.145. The van der Waals surface area contributed by atoms with E-state index < -0.39 is 6.04 Å². The molecule has 1 aromatic heterocycles. The van der Waals surface area contributed by atoms with Gasteiger partial charge in [0.1, 0.15) is 11.6 Å². The fourth-order valence-electron chi connectivity index (χ4n) is 5.00. The second-order valence-electron chi connectivity index (χ2n) is 9.48. The van der Waals surface area contributed by atoms with Gasteiger partial charge in [-0.2, -0.15) is 0 Å². The summed E-state index contributed by atoms with van der Waals surface area (Å²) < 4.78 is 5.72. The number of nitrogens with zero attached hydrogens (tertiary/aromatic N) is 3. The second kappa shape index (κ2) is 9.06. The van der Waals surface area contributed by atoms with E-state index in [0.29, 0.717) is 37.4 Å². The Kier molecular flexibility index (Phi) is 5.93. The van der Waals surface area contributed by atoms with Crippen molar-refractivity contribution in [3.8, 4) is 0 Å². The Balaban J connectivity index is 1.37. The molecule has 5 rings (SSSR count). The third-order valence-electron chi connectivity index (χ3n) is 6.90. The summed E-state index contributed by atoms with van der Waals surface area (Å²) in [6.07, 6.45) is 3.45. The second-order valence-corrected chi connectivity index (χ2v) is 9.48. The molecular weight excluding hydrogens is 442 g/mol. The first-order valence-electron chi connectivity index (χ1n) is 11.9. The summed E-state index contributed by atoms with van der Waals surface area (Å²) >= 11 is 0. The van der Waals surface area contributed by atoms with E-state index in [4.69, 9.17) is 4.42 Å². The Morgan fingerprint density at radius 3 is 2.51 bits per heavy atom. The summed E-state index contributed by atoms with van der Waals surface area (Å²) in [7, 11) is 3.38. The van der Waals surface area contributed by atoms with Crippen LogP contribution in [0.25, 0.3) is 16.5 Å². The number of hydrogen-bond donors (Lipinski definition) is 0. The van der Waals surface area contributed by atoms with Crippen molar-refractivity contribution in [1.82, 2.24) is 14.7 Å². The van der Waals surface area contributed by atoms with Gasteiger partial charge in [0.05, 0.1) is 0 Å². The van der Waals surface area contributed by atoms with Crippen LogP contribution in [-0.2, 0) is 22.6 Å². The highest BCUT2D eigenvalue weighted by Crippen LogP contribution is 2.29. The van der Waals surface area contributed by atoms with E-state index in [9.17, 15) is 14.4 Å². The Bertz CT molecular complexity index is 1350. The van der Waals surface area contributed by atoms with Crippen LogP contribution < -0.4 is 0 Å². The molecule has 7 heteroatoms. The van der Waals surface area contributed by atoms with Crippen LogP contribution in [0, 0.1) is 0 Å². The van der Waals surface area contributed by atoms with Crippen LogP contribution in [0.15, 0.2) is 59.0 Å². The molecule has 7 nitrogen and oxygen atoms in total. The average molecular weight is 472 g/mol. The molecule has 2 aliphatic heterocycles. The Hall–Kier alpha value is -3.87. The van der Waals surface area contributed by atoms with Crippen molar-refractivity contribution in [2.75, 3.05) is 27.2 Å². The van der Waals surface area contributed by atoms with Crippen LogP contribution in [0.3, 0.4) is 0 Å². The van der Waals surface area contributed by atoms with Crippen LogP contribution in [0.4, 0.5) is 0 Å². The summed E-state index contributed by atoms with van der Waals surface area (Å²) in [5, 5.41) is 0.851. The SMILES string of the molecule is CC(=O)N1Cc2ccccc2CC1C(=O)N1CCC=C(c2ccc3oc(C(=O)N(C)C)cc3c2)C1. The first-order chi connectivity index (χ1) is 16.8. The summed E-state index contributed by atoms with van der Waals surface area (Å²) in [5.74, 6) is 0.0293. The molecule has 35 heavy (non-hydrogen) atoms. The number of carbonyl (C=O) groups excluding carboxylic acids is 3. The van der Waals surface area contributed by atoms with E-state index in [1.807, 2.05) is 47.4 Å². The molecule has 0 N–H and O–H groups in total. The maximum Gasteiger partial charge on any atom is 0.289 e. The van der Waals surface area contributed by atoms with Crippen LogP contribution in [-0.4, -0.2) is 65.6 Å². The molecule has 180 valence electrons. The van der Waals surface area contributed by atoms with E-state index >= 15 is 0 Å². The minimum absolute atomic E-state index is 0.0106. The van der Waals surface area contributed by atoms with Gasteiger partial charge in [-0.25, -0.2) is 0 Å². The lowest BCUT2D eigenvalue weighted by Crippen LogP contribution is -2.54. The molecule has 0 saturated heterocycles. The summed E-state index contributed by atoms with van der Waals surface area (Å²) in [6, 6.07) is 15.1. The topological polar surface area (TPSA) is 74.1 Å². The van der Waals surface area contributed by atoms with E-state index in [1.54, 1.807) is 25.1 Å². The van der Waals surface area contributed by atoms with E-state index in [-0.39, 0.29) is 17.7 Å². The first-order valence-corrected chi connectivity index (χ1v) is 11.9. The molecule has 2 aliphatic rings. The Morgan fingerprint density at radius 2 is 1.77 bits per heavy atom. The van der Waals surface area contributed by atoms with E-state index in [0.717, 1.165) is 34.1 Å². The molecule has 0 fully saturated rings. The Morgan fingerprint density at radius 1 is 1.00 bits per heavy atom. The average Bonchev–Trinajstić information content (AvgIpc) is 3.30. The van der Waals surface area contributed by atoms with Gasteiger partial charge in [-0.3, -0.25) is 14.4 Å². The molecule has 0 radical (unpaired) electrons. The molecule has 0 saturated carbocycles. The quantitative estimate of drug-likeness (QED) is 0.584. The van der Waals surface area contributed by atoms with Crippen LogP contribution >= 0.6 is 0 Å². The number of amides is 3. The van der Waals surface area contributed by atoms with Crippen LogP contribution in [0.2, 0.25) is 0 Å². The van der Waals surface area contributed by atoms with Gasteiger partial charge >= 0.3 is 0 Å². The zero-order chi connectivity index (χ0) is 24.7. The Labute approximate surface area is 204 Å². The van der Waals surface area contributed by atoms with Gasteiger partial charge in [0.25, 0.3) is 5.91 Å². The molecule has 0 bridgehead atoms. The van der Waals surface area contributed by atoms with Crippen molar-refractivity contribution >= 4 is 34.3 Å². The lowest BCUT2D eigenvalue weighted by Gasteiger charge is -2.39. The summed E-state index contributed by atoms with van der Waals surface area (Å²) in [5.41, 5.74) is 4.94. The molecule has 1 atom stereocenters. The monoisotopic (exact) mass is 471 g/mol. The third-order valence-corrected chi connectivity index (χ3v) is 6.90. The zero-order valence-electron chi connectivity index (χ0n) is 20.3. The molecular formula is C28H29N3O4. The van der Waals surface area contributed by atoms with Gasteiger partial charge in [0, 0.05) is 52.5 Å². The van der Waals surface area contributed by atoms with E-state index in [1.165, 1.54) is 11.8 Å². The number of furan rings is 1. The summed E-state index contributed by atoms with van der Waals surface area (Å²) in [4.78, 5) is 43.4. The van der Waals surface area contributed by atoms with Crippen LogP contribution in [0.5, 0.6) is 0 Å². The molecule has 0 aliphatic carbocycles. The zero-order valence-corrected chi connectivity index (χ0v) is 20.3. The lowest BCUT2D eigenvalue weighted by atomic mass is 9.92.